The van der Waals surface area contributed by atoms with Crippen molar-refractivity contribution in [3.8, 4) is 5.69 Å². The van der Waals surface area contributed by atoms with Gasteiger partial charge in [-0.1, -0.05) is 24.0 Å². The summed E-state index contributed by atoms with van der Waals surface area (Å²) in [5.41, 5.74) is 4.03. The number of carboxylic acid groups (broad SMARTS) is 1. The summed E-state index contributed by atoms with van der Waals surface area (Å²) in [6.07, 6.45) is 1.73. The van der Waals surface area contributed by atoms with Crippen molar-refractivity contribution in [3.63, 3.8) is 0 Å². The van der Waals surface area contributed by atoms with Crippen molar-refractivity contribution in [2.24, 2.45) is 0 Å². The molecule has 1 amide bonds. The van der Waals surface area contributed by atoms with E-state index in [2.05, 4.69) is 0 Å². The Morgan fingerprint density at radius 3 is 2.50 bits per heavy atom. The van der Waals surface area contributed by atoms with Gasteiger partial charge in [-0.2, -0.15) is 0 Å². The number of aryl methyl sites for hydroxylation is 1. The zero-order valence-corrected chi connectivity index (χ0v) is 18.3. The van der Waals surface area contributed by atoms with Gasteiger partial charge in [0.1, 0.15) is 10.9 Å². The Morgan fingerprint density at radius 2 is 1.90 bits per heavy atom. The largest absolute Gasteiger partial charge is 0.480 e. The fraction of sp³-hybridized carbons (Fsp3) is 0.238. The van der Waals surface area contributed by atoms with E-state index in [4.69, 9.17) is 22.1 Å². The van der Waals surface area contributed by atoms with Crippen molar-refractivity contribution < 1.29 is 24.2 Å². The Kier molecular flexibility index (Phi) is 6.42. The van der Waals surface area contributed by atoms with Gasteiger partial charge in [0, 0.05) is 17.1 Å². The standard InChI is InChI=1S/C21H20N2O5S2/c1-4-28-20(27)14-5-7-16(8-6-14)23-12(2)9-15(13(23)3)10-17-19(26)22(11-18(24)25)21(29)30-17/h5-10H,4,11H2,1-3H3,(H,24,25)/b17-10-. The van der Waals surface area contributed by atoms with Crippen LogP contribution in [0.15, 0.2) is 35.2 Å². The SMILES string of the molecule is CCOC(=O)c1ccc(-n2c(C)cc(/C=C3\SC(=S)N(CC(=O)O)C3=O)c2C)cc1. The molecule has 0 radical (unpaired) electrons. The zero-order valence-electron chi connectivity index (χ0n) is 16.7. The Bertz CT molecular complexity index is 1070. The maximum atomic E-state index is 12.5. The van der Waals surface area contributed by atoms with Crippen molar-refractivity contribution in [2.45, 2.75) is 20.8 Å². The molecule has 0 spiro atoms. The van der Waals surface area contributed by atoms with E-state index in [9.17, 15) is 14.4 Å². The monoisotopic (exact) mass is 444 g/mol. The predicted octanol–water partition coefficient (Wildman–Crippen LogP) is 3.56. The summed E-state index contributed by atoms with van der Waals surface area (Å²) >= 11 is 6.24. The molecular formula is C21H20N2O5S2. The number of hydrogen-bond donors (Lipinski definition) is 1. The lowest BCUT2D eigenvalue weighted by Crippen LogP contribution is -2.33. The molecule has 1 N–H and O–H groups in total. The van der Waals surface area contributed by atoms with E-state index in [1.165, 1.54) is 0 Å². The molecule has 0 aliphatic carbocycles. The fourth-order valence-corrected chi connectivity index (χ4v) is 4.45. The third kappa shape index (κ3) is 4.31. The highest BCUT2D eigenvalue weighted by molar-refractivity contribution is 8.26. The number of hydrogen-bond acceptors (Lipinski definition) is 6. The third-order valence-electron chi connectivity index (χ3n) is 4.56. The molecule has 7 nitrogen and oxygen atoms in total. The summed E-state index contributed by atoms with van der Waals surface area (Å²) in [6.45, 7) is 5.50. The molecule has 9 heteroatoms. The highest BCUT2D eigenvalue weighted by Crippen LogP contribution is 2.34. The van der Waals surface area contributed by atoms with Gasteiger partial charge >= 0.3 is 11.9 Å². The van der Waals surface area contributed by atoms with Gasteiger partial charge in [-0.3, -0.25) is 14.5 Å². The number of carbonyl (C=O) groups is 3. The third-order valence-corrected chi connectivity index (χ3v) is 5.94. The molecule has 1 aromatic heterocycles. The van der Waals surface area contributed by atoms with Crippen LogP contribution in [0.2, 0.25) is 0 Å². The molecule has 0 bridgehead atoms. The van der Waals surface area contributed by atoms with Gasteiger partial charge in [-0.05, 0) is 62.7 Å². The second kappa shape index (κ2) is 8.85. The molecule has 0 saturated carbocycles. The van der Waals surface area contributed by atoms with Gasteiger partial charge < -0.3 is 14.4 Å². The highest BCUT2D eigenvalue weighted by Gasteiger charge is 2.33. The van der Waals surface area contributed by atoms with Crippen molar-refractivity contribution in [1.82, 2.24) is 9.47 Å². The number of ether oxygens (including phenoxy) is 1. The molecule has 1 aliphatic rings. The molecule has 2 aromatic rings. The maximum absolute atomic E-state index is 12.5. The molecule has 0 atom stereocenters. The van der Waals surface area contributed by atoms with Crippen molar-refractivity contribution in [2.75, 3.05) is 13.2 Å². The van der Waals surface area contributed by atoms with Gasteiger partial charge in [-0.15, -0.1) is 0 Å². The number of aliphatic carboxylic acids is 1. The topological polar surface area (TPSA) is 88.8 Å². The quantitative estimate of drug-likeness (QED) is 0.414. The first kappa shape index (κ1) is 21.8. The first-order valence-corrected chi connectivity index (χ1v) is 10.4. The van der Waals surface area contributed by atoms with E-state index < -0.39 is 18.4 Å². The molecule has 1 fully saturated rings. The minimum atomic E-state index is -1.11. The number of nitrogens with zero attached hydrogens (tertiary/aromatic N) is 2. The van der Waals surface area contributed by atoms with Gasteiger partial charge in [0.2, 0.25) is 0 Å². The Morgan fingerprint density at radius 1 is 1.23 bits per heavy atom. The van der Waals surface area contributed by atoms with E-state index in [1.54, 1.807) is 25.1 Å². The van der Waals surface area contributed by atoms with Crippen LogP contribution in [0.4, 0.5) is 0 Å². The van der Waals surface area contributed by atoms with E-state index in [0.29, 0.717) is 17.1 Å². The van der Waals surface area contributed by atoms with E-state index >= 15 is 0 Å². The smallest absolute Gasteiger partial charge is 0.338 e. The second-order valence-corrected chi connectivity index (χ2v) is 8.27. The van der Waals surface area contributed by atoms with Crippen LogP contribution < -0.4 is 0 Å². The predicted molar refractivity (Wildman–Crippen MR) is 119 cm³/mol. The van der Waals surface area contributed by atoms with Gasteiger partial charge in [-0.25, -0.2) is 4.79 Å². The second-order valence-electron chi connectivity index (χ2n) is 6.59. The minimum Gasteiger partial charge on any atom is -0.480 e. The number of rotatable bonds is 6. The lowest BCUT2D eigenvalue weighted by atomic mass is 10.2. The number of benzene rings is 1. The fourth-order valence-electron chi connectivity index (χ4n) is 3.20. The first-order chi connectivity index (χ1) is 14.2. The van der Waals surface area contributed by atoms with Crippen LogP contribution in [0.25, 0.3) is 11.8 Å². The summed E-state index contributed by atoms with van der Waals surface area (Å²) in [5.74, 6) is -1.89. The van der Waals surface area contributed by atoms with Crippen LogP contribution in [0, 0.1) is 13.8 Å². The van der Waals surface area contributed by atoms with Crippen molar-refractivity contribution >= 4 is 52.2 Å². The van der Waals surface area contributed by atoms with Crippen molar-refractivity contribution in [3.05, 3.63) is 57.8 Å². The molecule has 156 valence electrons. The molecule has 1 aliphatic heterocycles. The molecule has 30 heavy (non-hydrogen) atoms. The maximum Gasteiger partial charge on any atom is 0.338 e. The zero-order chi connectivity index (χ0) is 22.0. The van der Waals surface area contributed by atoms with Crippen LogP contribution in [0.5, 0.6) is 0 Å². The van der Waals surface area contributed by atoms with Crippen LogP contribution >= 0.6 is 24.0 Å². The number of esters is 1. The Balaban J connectivity index is 1.90. The van der Waals surface area contributed by atoms with Crippen LogP contribution in [0.1, 0.15) is 34.2 Å². The summed E-state index contributed by atoms with van der Waals surface area (Å²) in [5, 5.41) is 8.96. The molecule has 2 heterocycles. The van der Waals surface area contributed by atoms with E-state index in [0.717, 1.165) is 39.3 Å². The van der Waals surface area contributed by atoms with Gasteiger partial charge in [0.15, 0.2) is 0 Å². The lowest BCUT2D eigenvalue weighted by Gasteiger charge is -2.11. The molecule has 1 aromatic carbocycles. The lowest BCUT2D eigenvalue weighted by molar-refractivity contribution is -0.140. The summed E-state index contributed by atoms with van der Waals surface area (Å²) in [7, 11) is 0. The number of amides is 1. The Hall–Kier alpha value is -2.91. The summed E-state index contributed by atoms with van der Waals surface area (Å²) in [6, 6.07) is 9.04. The van der Waals surface area contributed by atoms with Crippen LogP contribution in [-0.4, -0.2) is 49.9 Å². The highest BCUT2D eigenvalue weighted by atomic mass is 32.2. The van der Waals surface area contributed by atoms with Gasteiger partial charge in [0.25, 0.3) is 5.91 Å². The summed E-state index contributed by atoms with van der Waals surface area (Å²) in [4.78, 5) is 36.8. The molecule has 3 rings (SSSR count). The number of carboxylic acids is 1. The normalized spacial score (nSPS) is 15.2. The molecular weight excluding hydrogens is 424 g/mol. The summed E-state index contributed by atoms with van der Waals surface area (Å²) < 4.78 is 7.26. The number of carbonyl (C=O) groups excluding carboxylic acids is 2. The number of aromatic nitrogens is 1. The minimum absolute atomic E-state index is 0.233. The molecule has 1 saturated heterocycles. The van der Waals surface area contributed by atoms with E-state index in [-0.39, 0.29) is 10.3 Å². The van der Waals surface area contributed by atoms with Crippen LogP contribution in [-0.2, 0) is 14.3 Å². The van der Waals surface area contributed by atoms with Crippen molar-refractivity contribution in [1.29, 1.82) is 0 Å². The van der Waals surface area contributed by atoms with Gasteiger partial charge in [0.05, 0.1) is 17.1 Å². The Labute approximate surface area is 183 Å². The number of thioether (sulfide) groups is 1. The van der Waals surface area contributed by atoms with E-state index in [1.807, 2.05) is 36.6 Å². The average molecular weight is 445 g/mol. The van der Waals surface area contributed by atoms with Crippen LogP contribution in [0.3, 0.4) is 0 Å². The number of thiocarbonyl (C=S) groups is 1. The first-order valence-electron chi connectivity index (χ1n) is 9.16. The average Bonchev–Trinajstić information content (AvgIpc) is 3.11. The molecule has 0 unspecified atom stereocenters.